The minimum atomic E-state index is -0.566. The zero-order chi connectivity index (χ0) is 17.1. The summed E-state index contributed by atoms with van der Waals surface area (Å²) in [5, 5.41) is 11.0. The number of non-ortho nitro benzene ring substituents is 1. The highest BCUT2D eigenvalue weighted by Crippen LogP contribution is 2.16. The monoisotopic (exact) mass is 329 g/mol. The molecule has 0 spiro atoms. The van der Waals surface area contributed by atoms with Crippen LogP contribution < -0.4 is 10.3 Å². The molecule has 1 aromatic heterocycles. The van der Waals surface area contributed by atoms with Crippen molar-refractivity contribution in [3.05, 3.63) is 75.1 Å². The predicted octanol–water partition coefficient (Wildman–Crippen LogP) is 2.52. The van der Waals surface area contributed by atoms with Gasteiger partial charge in [-0.2, -0.15) is 0 Å². The normalized spacial score (nSPS) is 10.7. The number of rotatable bonds is 5. The summed E-state index contributed by atoms with van der Waals surface area (Å²) in [6.45, 7) is 0.312. The Morgan fingerprint density at radius 3 is 2.83 bits per heavy atom. The van der Waals surface area contributed by atoms with E-state index in [1.807, 2.05) is 0 Å². The van der Waals surface area contributed by atoms with Gasteiger partial charge in [-0.05, 0) is 18.2 Å². The van der Waals surface area contributed by atoms with Crippen molar-refractivity contribution in [3.63, 3.8) is 0 Å². The van der Waals surface area contributed by atoms with Crippen molar-refractivity contribution in [2.75, 3.05) is 6.61 Å². The highest BCUT2D eigenvalue weighted by Gasteiger charge is 2.10. The third-order valence-corrected chi connectivity index (χ3v) is 3.42. The standard InChI is InChI=1S/C16H12FN3O4/c17-11-2-1-3-13(8-11)24-7-6-19-10-18-15-5-4-12(20(22)23)9-14(15)16(19)21/h1-5,8-10H,6-7H2. The number of nitrogens with zero attached hydrogens (tertiary/aromatic N) is 3. The molecule has 0 aliphatic heterocycles. The molecule has 0 fully saturated rings. The molecule has 0 bridgehead atoms. The molecule has 0 N–H and O–H groups in total. The van der Waals surface area contributed by atoms with E-state index in [1.165, 1.54) is 47.3 Å². The maximum Gasteiger partial charge on any atom is 0.270 e. The summed E-state index contributed by atoms with van der Waals surface area (Å²) in [6, 6.07) is 9.60. The summed E-state index contributed by atoms with van der Waals surface area (Å²) in [7, 11) is 0. The summed E-state index contributed by atoms with van der Waals surface area (Å²) in [5.74, 6) is -0.0585. The fourth-order valence-corrected chi connectivity index (χ4v) is 2.24. The van der Waals surface area contributed by atoms with E-state index >= 15 is 0 Å². The van der Waals surface area contributed by atoms with Crippen LogP contribution in [0.15, 0.2) is 53.6 Å². The van der Waals surface area contributed by atoms with E-state index in [0.29, 0.717) is 11.3 Å². The van der Waals surface area contributed by atoms with Gasteiger partial charge in [0.15, 0.2) is 0 Å². The number of hydrogen-bond acceptors (Lipinski definition) is 5. The fraction of sp³-hybridized carbons (Fsp3) is 0.125. The Labute approximate surface area is 135 Å². The summed E-state index contributed by atoms with van der Waals surface area (Å²) >= 11 is 0. The molecule has 122 valence electrons. The second kappa shape index (κ2) is 6.45. The molecule has 3 rings (SSSR count). The molecule has 3 aromatic rings. The second-order valence-electron chi connectivity index (χ2n) is 5.01. The van der Waals surface area contributed by atoms with Crippen molar-refractivity contribution in [1.82, 2.24) is 9.55 Å². The van der Waals surface area contributed by atoms with Crippen molar-refractivity contribution in [3.8, 4) is 5.75 Å². The zero-order valence-electron chi connectivity index (χ0n) is 12.4. The van der Waals surface area contributed by atoms with Gasteiger partial charge < -0.3 is 4.74 Å². The lowest BCUT2D eigenvalue weighted by Crippen LogP contribution is -2.23. The maximum absolute atomic E-state index is 13.1. The lowest BCUT2D eigenvalue weighted by Gasteiger charge is -2.08. The largest absolute Gasteiger partial charge is 0.492 e. The smallest absolute Gasteiger partial charge is 0.270 e. The first-order valence-corrected chi connectivity index (χ1v) is 7.06. The molecule has 0 aliphatic carbocycles. The molecule has 0 saturated heterocycles. The molecule has 0 saturated carbocycles. The van der Waals surface area contributed by atoms with Crippen LogP contribution in [-0.2, 0) is 6.54 Å². The maximum atomic E-state index is 13.1. The van der Waals surface area contributed by atoms with Gasteiger partial charge in [-0.25, -0.2) is 9.37 Å². The van der Waals surface area contributed by atoms with E-state index in [0.717, 1.165) is 0 Å². The Morgan fingerprint density at radius 2 is 2.08 bits per heavy atom. The van der Waals surface area contributed by atoms with Crippen LogP contribution in [0.2, 0.25) is 0 Å². The Bertz CT molecular complexity index is 971. The van der Waals surface area contributed by atoms with Gasteiger partial charge >= 0.3 is 0 Å². The average Bonchev–Trinajstić information content (AvgIpc) is 2.57. The van der Waals surface area contributed by atoms with Crippen molar-refractivity contribution in [2.24, 2.45) is 0 Å². The third-order valence-electron chi connectivity index (χ3n) is 3.42. The number of halogens is 1. The Hall–Kier alpha value is -3.29. The number of nitro benzene ring substituents is 1. The van der Waals surface area contributed by atoms with E-state index in [1.54, 1.807) is 6.07 Å². The second-order valence-corrected chi connectivity index (χ2v) is 5.01. The molecule has 2 aromatic carbocycles. The average molecular weight is 329 g/mol. The van der Waals surface area contributed by atoms with Gasteiger partial charge in [0.1, 0.15) is 18.2 Å². The number of ether oxygens (including phenoxy) is 1. The SMILES string of the molecule is O=c1c2cc([N+](=O)[O-])ccc2ncn1CCOc1cccc(F)c1. The van der Waals surface area contributed by atoms with E-state index < -0.39 is 16.3 Å². The van der Waals surface area contributed by atoms with Crippen LogP contribution in [0.5, 0.6) is 5.75 Å². The van der Waals surface area contributed by atoms with Crippen molar-refractivity contribution in [2.45, 2.75) is 6.54 Å². The Morgan fingerprint density at radius 1 is 1.25 bits per heavy atom. The van der Waals surface area contributed by atoms with Gasteiger partial charge in [0, 0.05) is 18.2 Å². The van der Waals surface area contributed by atoms with Gasteiger partial charge in [-0.3, -0.25) is 19.5 Å². The van der Waals surface area contributed by atoms with Crippen molar-refractivity contribution < 1.29 is 14.1 Å². The topological polar surface area (TPSA) is 87.3 Å². The van der Waals surface area contributed by atoms with Crippen LogP contribution in [0.4, 0.5) is 10.1 Å². The molecule has 7 nitrogen and oxygen atoms in total. The molecule has 0 amide bonds. The molecule has 24 heavy (non-hydrogen) atoms. The lowest BCUT2D eigenvalue weighted by atomic mass is 10.2. The number of fused-ring (bicyclic) bond motifs is 1. The highest BCUT2D eigenvalue weighted by atomic mass is 19.1. The zero-order valence-corrected chi connectivity index (χ0v) is 12.4. The molecule has 0 atom stereocenters. The van der Waals surface area contributed by atoms with E-state index in [-0.39, 0.29) is 24.2 Å². The van der Waals surface area contributed by atoms with E-state index in [4.69, 9.17) is 4.74 Å². The quantitative estimate of drug-likeness (QED) is 0.530. The Balaban J connectivity index is 1.80. The minimum Gasteiger partial charge on any atom is -0.492 e. The van der Waals surface area contributed by atoms with Crippen molar-refractivity contribution in [1.29, 1.82) is 0 Å². The molecular weight excluding hydrogens is 317 g/mol. The molecular formula is C16H12FN3O4. The molecule has 0 aliphatic rings. The molecule has 0 unspecified atom stereocenters. The predicted molar refractivity (Wildman–Crippen MR) is 84.6 cm³/mol. The number of aromatic nitrogens is 2. The van der Waals surface area contributed by atoms with Gasteiger partial charge in [-0.1, -0.05) is 6.07 Å². The number of nitro groups is 1. The summed E-state index contributed by atoms with van der Waals surface area (Å²) in [6.07, 6.45) is 1.35. The van der Waals surface area contributed by atoms with Crippen LogP contribution >= 0.6 is 0 Å². The summed E-state index contributed by atoms with van der Waals surface area (Å²) < 4.78 is 19.7. The molecule has 8 heteroatoms. The minimum absolute atomic E-state index is 0.130. The molecule has 1 heterocycles. The number of hydrogen-bond donors (Lipinski definition) is 0. The van der Waals surface area contributed by atoms with Crippen LogP contribution in [0, 0.1) is 15.9 Å². The highest BCUT2D eigenvalue weighted by molar-refractivity contribution is 5.79. The first-order valence-electron chi connectivity index (χ1n) is 7.06. The van der Waals surface area contributed by atoms with E-state index in [9.17, 15) is 19.3 Å². The van der Waals surface area contributed by atoms with Gasteiger partial charge in [0.25, 0.3) is 11.2 Å². The fourth-order valence-electron chi connectivity index (χ4n) is 2.24. The number of benzene rings is 2. The first kappa shape index (κ1) is 15.6. The summed E-state index contributed by atoms with van der Waals surface area (Å²) in [4.78, 5) is 26.7. The van der Waals surface area contributed by atoms with Gasteiger partial charge in [0.05, 0.1) is 28.7 Å². The molecule has 0 radical (unpaired) electrons. The first-order chi connectivity index (χ1) is 11.5. The van der Waals surface area contributed by atoms with Gasteiger partial charge in [0.2, 0.25) is 0 Å². The van der Waals surface area contributed by atoms with Crippen LogP contribution in [0.25, 0.3) is 10.9 Å². The van der Waals surface area contributed by atoms with Crippen molar-refractivity contribution >= 4 is 16.6 Å². The van der Waals surface area contributed by atoms with Crippen LogP contribution in [-0.4, -0.2) is 21.1 Å². The van der Waals surface area contributed by atoms with Gasteiger partial charge in [-0.15, -0.1) is 0 Å². The lowest BCUT2D eigenvalue weighted by molar-refractivity contribution is -0.384. The third kappa shape index (κ3) is 3.22. The Kier molecular flexibility index (Phi) is 4.19. The van der Waals surface area contributed by atoms with Crippen LogP contribution in [0.1, 0.15) is 0 Å². The van der Waals surface area contributed by atoms with E-state index in [2.05, 4.69) is 4.98 Å². The van der Waals surface area contributed by atoms with Crippen LogP contribution in [0.3, 0.4) is 0 Å². The summed E-state index contributed by atoms with van der Waals surface area (Å²) in [5.41, 5.74) is -0.186.